The Morgan fingerprint density at radius 1 is 0.971 bits per heavy atom. The Kier molecular flexibility index (Phi) is 6.86. The summed E-state index contributed by atoms with van der Waals surface area (Å²) in [6, 6.07) is 19.3. The van der Waals surface area contributed by atoms with E-state index in [4.69, 9.17) is 16.3 Å². The van der Waals surface area contributed by atoms with Crippen molar-refractivity contribution in [2.45, 2.75) is 20.4 Å². The number of nitrogens with zero attached hydrogens (tertiary/aromatic N) is 1. The number of rotatable bonds is 6. The molecule has 3 aromatic carbocycles. The lowest BCUT2D eigenvalue weighted by Crippen LogP contribution is -2.31. The zero-order valence-corrected chi connectivity index (χ0v) is 20.7. The molecule has 1 N–H and O–H groups in total. The van der Waals surface area contributed by atoms with Crippen molar-refractivity contribution in [3.05, 3.63) is 104 Å². The molecule has 6 nitrogen and oxygen atoms in total. The number of aryl methyl sites for hydroxylation is 2. The highest BCUT2D eigenvalue weighted by atomic mass is 79.9. The number of carbonyl (C=O) groups excluding carboxylic acids is 3. The Morgan fingerprint density at radius 2 is 1.59 bits per heavy atom. The minimum Gasteiger partial charge on any atom is -0.422 e. The molecule has 0 fully saturated rings. The van der Waals surface area contributed by atoms with E-state index in [2.05, 4.69) is 21.2 Å². The second-order valence-electron chi connectivity index (χ2n) is 7.83. The van der Waals surface area contributed by atoms with E-state index in [1.165, 1.54) is 0 Å². The van der Waals surface area contributed by atoms with Gasteiger partial charge in [-0.1, -0.05) is 57.9 Å². The molecule has 0 aliphatic carbocycles. The van der Waals surface area contributed by atoms with Crippen molar-refractivity contribution in [3.8, 4) is 5.75 Å². The normalized spacial score (nSPS) is 13.5. The van der Waals surface area contributed by atoms with E-state index in [0.29, 0.717) is 17.0 Å². The predicted molar refractivity (Wildman–Crippen MR) is 134 cm³/mol. The van der Waals surface area contributed by atoms with Gasteiger partial charge in [0.1, 0.15) is 16.5 Å². The zero-order chi connectivity index (χ0) is 24.4. The van der Waals surface area contributed by atoms with Gasteiger partial charge in [0.15, 0.2) is 0 Å². The first-order chi connectivity index (χ1) is 16.2. The topological polar surface area (TPSA) is 75.7 Å². The van der Waals surface area contributed by atoms with E-state index in [9.17, 15) is 14.4 Å². The summed E-state index contributed by atoms with van der Waals surface area (Å²) in [5.74, 6) is -1.05. The van der Waals surface area contributed by atoms with Crippen LogP contribution >= 0.6 is 27.5 Å². The molecule has 1 heterocycles. The van der Waals surface area contributed by atoms with Crippen LogP contribution in [0.2, 0.25) is 0 Å². The van der Waals surface area contributed by atoms with Gasteiger partial charge in [-0.05, 0) is 66.9 Å². The van der Waals surface area contributed by atoms with Gasteiger partial charge in [-0.3, -0.25) is 14.5 Å². The third-order valence-corrected chi connectivity index (χ3v) is 6.11. The van der Waals surface area contributed by atoms with Crippen LogP contribution < -0.4 is 10.1 Å². The number of benzene rings is 3. The zero-order valence-electron chi connectivity index (χ0n) is 18.4. The summed E-state index contributed by atoms with van der Waals surface area (Å²) in [5, 5.41) is 2.73. The molecular weight excluding hydrogens is 520 g/mol. The van der Waals surface area contributed by atoms with Crippen LogP contribution in [-0.4, -0.2) is 22.7 Å². The molecule has 0 unspecified atom stereocenters. The minimum absolute atomic E-state index is 0.000892. The van der Waals surface area contributed by atoms with Crippen molar-refractivity contribution in [2.24, 2.45) is 0 Å². The van der Waals surface area contributed by atoms with Crippen molar-refractivity contribution in [3.63, 3.8) is 0 Å². The highest BCUT2D eigenvalue weighted by Gasteiger charge is 2.37. The van der Waals surface area contributed by atoms with Gasteiger partial charge in [0.05, 0.1) is 12.1 Å². The second-order valence-corrected chi connectivity index (χ2v) is 9.13. The highest BCUT2D eigenvalue weighted by Crippen LogP contribution is 2.29. The minimum atomic E-state index is -0.557. The van der Waals surface area contributed by atoms with Crippen LogP contribution in [0.25, 0.3) is 0 Å². The van der Waals surface area contributed by atoms with E-state index < -0.39 is 17.8 Å². The number of hydrogen-bond donors (Lipinski definition) is 1. The number of ether oxygens (including phenoxy) is 1. The second kappa shape index (κ2) is 9.83. The van der Waals surface area contributed by atoms with E-state index >= 15 is 0 Å². The van der Waals surface area contributed by atoms with E-state index in [1.54, 1.807) is 24.3 Å². The lowest BCUT2D eigenvalue weighted by atomic mass is 10.1. The average molecular weight is 540 g/mol. The Labute approximate surface area is 210 Å². The SMILES string of the molecule is Cc1cc(Br)cc(C)c1OC(=O)c1ccc(NC2=C(Cl)C(=O)N(Cc3ccccc3)C2=O)cc1. The number of halogens is 2. The molecule has 0 aromatic heterocycles. The Hall–Kier alpha value is -3.42. The van der Waals surface area contributed by atoms with Gasteiger partial charge < -0.3 is 10.1 Å². The van der Waals surface area contributed by atoms with Crippen LogP contribution in [0, 0.1) is 13.8 Å². The van der Waals surface area contributed by atoms with E-state index in [0.717, 1.165) is 26.1 Å². The van der Waals surface area contributed by atoms with Crippen molar-refractivity contribution >= 4 is 51.0 Å². The van der Waals surface area contributed by atoms with Crippen molar-refractivity contribution < 1.29 is 19.1 Å². The van der Waals surface area contributed by atoms with E-state index in [-0.39, 0.29) is 17.3 Å². The van der Waals surface area contributed by atoms with Crippen LogP contribution in [-0.2, 0) is 16.1 Å². The summed E-state index contributed by atoms with van der Waals surface area (Å²) in [6.45, 7) is 3.86. The number of imide groups is 1. The Bertz CT molecular complexity index is 1300. The number of nitrogens with one attached hydrogen (secondary N) is 1. The molecular formula is C26H20BrClN2O4. The number of hydrogen-bond acceptors (Lipinski definition) is 5. The van der Waals surface area contributed by atoms with Crippen molar-refractivity contribution in [1.82, 2.24) is 4.90 Å². The Balaban J connectivity index is 1.46. The van der Waals surface area contributed by atoms with Gasteiger partial charge in [0, 0.05) is 10.2 Å². The highest BCUT2D eigenvalue weighted by molar-refractivity contribution is 9.10. The van der Waals surface area contributed by atoms with Crippen LogP contribution in [0.1, 0.15) is 27.0 Å². The quantitative estimate of drug-likeness (QED) is 0.246. The summed E-state index contributed by atoms with van der Waals surface area (Å²) in [4.78, 5) is 39.1. The van der Waals surface area contributed by atoms with Crippen LogP contribution in [0.3, 0.4) is 0 Å². The molecule has 8 heteroatoms. The lowest BCUT2D eigenvalue weighted by Gasteiger charge is -2.15. The standard InChI is InChI=1S/C26H20BrClN2O4/c1-15-12-19(27)13-16(2)23(15)34-26(33)18-8-10-20(11-9-18)29-22-21(28)24(31)30(25(22)32)14-17-6-4-3-5-7-17/h3-13,29H,14H2,1-2H3. The fourth-order valence-electron chi connectivity index (χ4n) is 3.61. The maximum atomic E-state index is 12.8. The molecule has 0 bridgehead atoms. The lowest BCUT2D eigenvalue weighted by molar-refractivity contribution is -0.138. The largest absolute Gasteiger partial charge is 0.422 e. The van der Waals surface area contributed by atoms with Crippen LogP contribution in [0.4, 0.5) is 5.69 Å². The molecule has 0 radical (unpaired) electrons. The molecule has 1 aliphatic rings. The first-order valence-corrected chi connectivity index (χ1v) is 11.6. The Morgan fingerprint density at radius 3 is 2.21 bits per heavy atom. The molecule has 2 amide bonds. The first kappa shape index (κ1) is 23.7. The molecule has 0 spiro atoms. The smallest absolute Gasteiger partial charge is 0.343 e. The third-order valence-electron chi connectivity index (χ3n) is 5.30. The number of amides is 2. The van der Waals surface area contributed by atoms with Crippen LogP contribution in [0.5, 0.6) is 5.75 Å². The van der Waals surface area contributed by atoms with Gasteiger partial charge in [-0.25, -0.2) is 4.79 Å². The average Bonchev–Trinajstić information content (AvgIpc) is 3.01. The van der Waals surface area contributed by atoms with Crippen molar-refractivity contribution in [1.29, 1.82) is 0 Å². The molecule has 0 saturated carbocycles. The van der Waals surface area contributed by atoms with Gasteiger partial charge in [0.2, 0.25) is 0 Å². The van der Waals surface area contributed by atoms with Gasteiger partial charge in [-0.2, -0.15) is 0 Å². The fraction of sp³-hybridized carbons (Fsp3) is 0.115. The number of esters is 1. The molecule has 4 rings (SSSR count). The van der Waals surface area contributed by atoms with E-state index in [1.807, 2.05) is 56.3 Å². The predicted octanol–water partition coefficient (Wildman–Crippen LogP) is 5.72. The van der Waals surface area contributed by atoms with Gasteiger partial charge in [0.25, 0.3) is 11.8 Å². The molecule has 34 heavy (non-hydrogen) atoms. The molecule has 172 valence electrons. The van der Waals surface area contributed by atoms with Gasteiger partial charge in [-0.15, -0.1) is 0 Å². The van der Waals surface area contributed by atoms with Gasteiger partial charge >= 0.3 is 5.97 Å². The number of carbonyl (C=O) groups is 3. The van der Waals surface area contributed by atoms with Crippen LogP contribution in [0.15, 0.2) is 81.9 Å². The molecule has 3 aromatic rings. The monoisotopic (exact) mass is 538 g/mol. The molecule has 0 atom stereocenters. The maximum Gasteiger partial charge on any atom is 0.343 e. The third kappa shape index (κ3) is 4.90. The maximum absolute atomic E-state index is 12.8. The summed E-state index contributed by atoms with van der Waals surface area (Å²) in [6.07, 6.45) is 0. The summed E-state index contributed by atoms with van der Waals surface area (Å²) < 4.78 is 6.50. The molecule has 0 saturated heterocycles. The summed E-state index contributed by atoms with van der Waals surface area (Å²) in [5.41, 5.74) is 3.33. The molecule has 1 aliphatic heterocycles. The fourth-order valence-corrected chi connectivity index (χ4v) is 4.53. The first-order valence-electron chi connectivity index (χ1n) is 10.4. The summed E-state index contributed by atoms with van der Waals surface area (Å²) >= 11 is 9.60. The number of anilines is 1. The summed E-state index contributed by atoms with van der Waals surface area (Å²) in [7, 11) is 0. The van der Waals surface area contributed by atoms with Crippen molar-refractivity contribution in [2.75, 3.05) is 5.32 Å².